The van der Waals surface area contributed by atoms with Crippen LogP contribution in [-0.2, 0) is 4.79 Å². The van der Waals surface area contributed by atoms with Crippen LogP contribution < -0.4 is 10.1 Å². The highest BCUT2D eigenvalue weighted by molar-refractivity contribution is 5.79. The van der Waals surface area contributed by atoms with Crippen LogP contribution in [0.1, 0.15) is 32.6 Å². The fourth-order valence-electron chi connectivity index (χ4n) is 3.56. The zero-order valence-electron chi connectivity index (χ0n) is 13.9. The van der Waals surface area contributed by atoms with Gasteiger partial charge in [-0.15, -0.1) is 0 Å². The van der Waals surface area contributed by atoms with Crippen LogP contribution in [0.5, 0.6) is 5.75 Å². The van der Waals surface area contributed by atoms with Crippen molar-refractivity contribution in [2.24, 2.45) is 5.92 Å². The molecule has 0 bridgehead atoms. The summed E-state index contributed by atoms with van der Waals surface area (Å²) in [6, 6.07) is 3.72. The monoisotopic (exact) mass is 338 g/mol. The van der Waals surface area contributed by atoms with Gasteiger partial charge in [0.2, 0.25) is 5.91 Å². The summed E-state index contributed by atoms with van der Waals surface area (Å²) in [5.74, 6) is -0.884. The summed E-state index contributed by atoms with van der Waals surface area (Å²) in [5.41, 5.74) is 0. The highest BCUT2D eigenvalue weighted by Crippen LogP contribution is 2.25. The lowest BCUT2D eigenvalue weighted by molar-refractivity contribution is -0.138. The summed E-state index contributed by atoms with van der Waals surface area (Å²) < 4.78 is 32.2. The highest BCUT2D eigenvalue weighted by atomic mass is 19.1. The number of ether oxygens (including phenoxy) is 1. The van der Waals surface area contributed by atoms with Gasteiger partial charge in [-0.05, 0) is 38.4 Å². The van der Waals surface area contributed by atoms with Gasteiger partial charge >= 0.3 is 0 Å². The van der Waals surface area contributed by atoms with Crippen molar-refractivity contribution in [3.05, 3.63) is 29.8 Å². The van der Waals surface area contributed by atoms with Gasteiger partial charge in [-0.1, -0.05) is 0 Å². The first-order chi connectivity index (χ1) is 11.5. The zero-order valence-corrected chi connectivity index (χ0v) is 13.9. The lowest BCUT2D eigenvalue weighted by atomic mass is 9.91. The number of nitrogens with one attached hydrogen (secondary N) is 1. The van der Waals surface area contributed by atoms with Gasteiger partial charge in [0.05, 0.1) is 0 Å². The maximum atomic E-state index is 13.7. The second kappa shape index (κ2) is 7.47. The van der Waals surface area contributed by atoms with Gasteiger partial charge in [0, 0.05) is 44.0 Å². The van der Waals surface area contributed by atoms with Gasteiger partial charge in [0.1, 0.15) is 11.9 Å². The number of carbonyl (C=O) groups is 1. The van der Waals surface area contributed by atoms with Crippen molar-refractivity contribution in [1.82, 2.24) is 10.2 Å². The van der Waals surface area contributed by atoms with Gasteiger partial charge < -0.3 is 15.0 Å². The summed E-state index contributed by atoms with van der Waals surface area (Å²) >= 11 is 0. The molecule has 0 aromatic heterocycles. The van der Waals surface area contributed by atoms with Gasteiger partial charge in [-0.25, -0.2) is 8.78 Å². The Hall–Kier alpha value is -1.69. The van der Waals surface area contributed by atoms with Crippen molar-refractivity contribution in [3.8, 4) is 5.75 Å². The molecule has 2 aliphatic rings. The Bertz CT molecular complexity index is 588. The Labute approximate surface area is 141 Å². The lowest BCUT2D eigenvalue weighted by Gasteiger charge is -2.36. The first kappa shape index (κ1) is 17.1. The predicted molar refractivity (Wildman–Crippen MR) is 86.8 cm³/mol. The van der Waals surface area contributed by atoms with Crippen molar-refractivity contribution in [2.75, 3.05) is 19.6 Å². The molecule has 2 heterocycles. The average Bonchev–Trinajstić information content (AvgIpc) is 2.57. The second-order valence-electron chi connectivity index (χ2n) is 6.79. The number of halogens is 2. The van der Waals surface area contributed by atoms with E-state index in [0.29, 0.717) is 32.0 Å². The molecule has 2 fully saturated rings. The predicted octanol–water partition coefficient (Wildman–Crippen LogP) is 2.72. The van der Waals surface area contributed by atoms with Gasteiger partial charge in [-0.3, -0.25) is 4.79 Å². The third kappa shape index (κ3) is 4.04. The van der Waals surface area contributed by atoms with E-state index in [0.717, 1.165) is 25.5 Å². The van der Waals surface area contributed by atoms with Gasteiger partial charge in [0.15, 0.2) is 11.6 Å². The molecule has 1 aromatic rings. The number of hydrogen-bond acceptors (Lipinski definition) is 3. The number of benzene rings is 1. The summed E-state index contributed by atoms with van der Waals surface area (Å²) in [7, 11) is 0. The average molecular weight is 338 g/mol. The van der Waals surface area contributed by atoms with Crippen LogP contribution in [0, 0.1) is 17.6 Å². The molecule has 4 nitrogen and oxygen atoms in total. The second-order valence-corrected chi connectivity index (χ2v) is 6.79. The Morgan fingerprint density at radius 1 is 1.25 bits per heavy atom. The Kier molecular flexibility index (Phi) is 5.33. The van der Waals surface area contributed by atoms with Crippen LogP contribution in [0.2, 0.25) is 0 Å². The quantitative estimate of drug-likeness (QED) is 0.921. The number of hydrogen-bond donors (Lipinski definition) is 1. The van der Waals surface area contributed by atoms with Gasteiger partial charge in [-0.2, -0.15) is 0 Å². The molecule has 1 aromatic carbocycles. The van der Waals surface area contributed by atoms with Crippen molar-refractivity contribution in [3.63, 3.8) is 0 Å². The normalized spacial score (nSPS) is 25.5. The van der Waals surface area contributed by atoms with E-state index < -0.39 is 11.6 Å². The maximum Gasteiger partial charge on any atom is 0.225 e. The molecule has 132 valence electrons. The zero-order chi connectivity index (χ0) is 17.1. The summed E-state index contributed by atoms with van der Waals surface area (Å²) in [6.45, 7) is 4.26. The number of carbonyl (C=O) groups excluding carboxylic acids is 1. The van der Waals surface area contributed by atoms with E-state index in [-0.39, 0.29) is 23.7 Å². The van der Waals surface area contributed by atoms with Crippen molar-refractivity contribution < 1.29 is 18.3 Å². The molecule has 2 atom stereocenters. The third-order valence-corrected chi connectivity index (χ3v) is 4.91. The first-order valence-corrected chi connectivity index (χ1v) is 8.67. The number of nitrogens with zero attached hydrogens (tertiary/aromatic N) is 1. The van der Waals surface area contributed by atoms with Gasteiger partial charge in [0.25, 0.3) is 0 Å². The molecule has 2 saturated heterocycles. The molecule has 0 saturated carbocycles. The van der Waals surface area contributed by atoms with Crippen molar-refractivity contribution >= 4 is 5.91 Å². The molecule has 1 N–H and O–H groups in total. The molecule has 6 heteroatoms. The number of amides is 1. The van der Waals surface area contributed by atoms with E-state index >= 15 is 0 Å². The topological polar surface area (TPSA) is 41.6 Å². The van der Waals surface area contributed by atoms with Crippen LogP contribution in [0.3, 0.4) is 0 Å². The summed E-state index contributed by atoms with van der Waals surface area (Å²) in [4.78, 5) is 14.5. The largest absolute Gasteiger partial charge is 0.487 e. The van der Waals surface area contributed by atoms with Crippen molar-refractivity contribution in [2.45, 2.75) is 44.8 Å². The minimum absolute atomic E-state index is 0.0772. The summed E-state index contributed by atoms with van der Waals surface area (Å²) in [6.07, 6.45) is 2.98. The molecule has 24 heavy (non-hydrogen) atoms. The standard InChI is InChI=1S/C18H24F2N2O2/c1-12-10-13(4-7-21-12)18(23)22-8-5-15(6-9-22)24-17-3-2-14(19)11-16(17)20/h2-3,11-13,15,21H,4-10H2,1H3/t12-,13-/m0/s1. The SMILES string of the molecule is C[C@H]1C[C@@H](C(=O)N2CCC(Oc3ccc(F)cc3F)CC2)CCN1. The Morgan fingerprint density at radius 3 is 2.67 bits per heavy atom. The molecular formula is C18H24F2N2O2. The van der Waals surface area contributed by atoms with Crippen molar-refractivity contribution in [1.29, 1.82) is 0 Å². The number of likely N-dealkylation sites (tertiary alicyclic amines) is 1. The Morgan fingerprint density at radius 2 is 2.00 bits per heavy atom. The fraction of sp³-hybridized carbons (Fsp3) is 0.611. The molecule has 0 unspecified atom stereocenters. The molecule has 0 aliphatic carbocycles. The smallest absolute Gasteiger partial charge is 0.225 e. The van der Waals surface area contributed by atoms with E-state index in [1.807, 2.05) is 4.90 Å². The van der Waals surface area contributed by atoms with Crippen LogP contribution in [0.25, 0.3) is 0 Å². The van der Waals surface area contributed by atoms with E-state index in [9.17, 15) is 13.6 Å². The minimum Gasteiger partial charge on any atom is -0.487 e. The van der Waals surface area contributed by atoms with Crippen LogP contribution >= 0.6 is 0 Å². The van der Waals surface area contributed by atoms with Crippen LogP contribution in [0.15, 0.2) is 18.2 Å². The fourth-order valence-corrected chi connectivity index (χ4v) is 3.56. The Balaban J connectivity index is 1.51. The number of piperidine rings is 2. The van der Waals surface area contributed by atoms with Crippen LogP contribution in [-0.4, -0.2) is 42.6 Å². The number of rotatable bonds is 3. The van der Waals surface area contributed by atoms with E-state index in [1.165, 1.54) is 12.1 Å². The van der Waals surface area contributed by atoms with Crippen LogP contribution in [0.4, 0.5) is 8.78 Å². The maximum absolute atomic E-state index is 13.7. The van der Waals surface area contributed by atoms with E-state index in [1.54, 1.807) is 0 Å². The third-order valence-electron chi connectivity index (χ3n) is 4.91. The van der Waals surface area contributed by atoms with E-state index in [2.05, 4.69) is 12.2 Å². The first-order valence-electron chi connectivity index (χ1n) is 8.67. The minimum atomic E-state index is -0.683. The molecule has 2 aliphatic heterocycles. The summed E-state index contributed by atoms with van der Waals surface area (Å²) in [5, 5.41) is 3.36. The lowest BCUT2D eigenvalue weighted by Crippen LogP contribution is -2.48. The highest BCUT2D eigenvalue weighted by Gasteiger charge is 2.31. The molecule has 3 rings (SSSR count). The molecule has 0 spiro atoms. The molecule has 0 radical (unpaired) electrons. The van der Waals surface area contributed by atoms with E-state index in [4.69, 9.17) is 4.74 Å². The molecule has 1 amide bonds. The molecular weight excluding hydrogens is 314 g/mol.